The number of fused-ring (bicyclic) bond motifs is 1. The summed E-state index contributed by atoms with van der Waals surface area (Å²) >= 11 is 3.43. The number of phenolic OH excluding ortho intramolecular Hbond substituents is 1. The SMILES string of the molecule is Cc1ccc2nc(-c3ccc(C)c(N=Cc4cc(N=Nc5cccc(Br)c5)ccc4O)c3)oc2c1. The van der Waals surface area contributed by atoms with Gasteiger partial charge in [0.2, 0.25) is 5.89 Å². The van der Waals surface area contributed by atoms with E-state index in [1.165, 1.54) is 0 Å². The number of rotatable bonds is 5. The molecule has 1 heterocycles. The number of halogens is 1. The molecule has 1 N–H and O–H groups in total. The monoisotopic (exact) mass is 524 g/mol. The number of aliphatic imine (C=N–C) groups is 1. The number of benzene rings is 4. The summed E-state index contributed by atoms with van der Waals surface area (Å²) in [4.78, 5) is 9.23. The number of oxazole rings is 1. The van der Waals surface area contributed by atoms with Gasteiger partial charge >= 0.3 is 0 Å². The Morgan fingerprint density at radius 1 is 0.886 bits per heavy atom. The lowest BCUT2D eigenvalue weighted by atomic mass is 10.1. The lowest BCUT2D eigenvalue weighted by molar-refractivity contribution is 0.474. The number of azo groups is 1. The second kappa shape index (κ2) is 9.64. The van der Waals surface area contributed by atoms with E-state index in [-0.39, 0.29) is 5.75 Å². The van der Waals surface area contributed by atoms with E-state index < -0.39 is 0 Å². The molecule has 0 aliphatic rings. The van der Waals surface area contributed by atoms with Crippen molar-refractivity contribution in [2.75, 3.05) is 0 Å². The maximum Gasteiger partial charge on any atom is 0.227 e. The Hall–Kier alpha value is -4.10. The molecule has 1 aromatic heterocycles. The standard InChI is InChI=1S/C28H21BrN4O2/c1-17-6-10-24-27(12-17)35-28(31-24)19-8-7-18(2)25(14-19)30-16-20-13-23(9-11-26(20)34)33-32-22-5-3-4-21(29)15-22/h3-16,34H,1-2H3. The molecule has 0 saturated carbocycles. The highest BCUT2D eigenvalue weighted by molar-refractivity contribution is 9.10. The molecule has 0 bridgehead atoms. The summed E-state index contributed by atoms with van der Waals surface area (Å²) in [7, 11) is 0. The molecule has 7 heteroatoms. The van der Waals surface area contributed by atoms with Crippen molar-refractivity contribution in [1.82, 2.24) is 4.98 Å². The fraction of sp³-hybridized carbons (Fsp3) is 0.0714. The average Bonchev–Trinajstić information content (AvgIpc) is 3.27. The van der Waals surface area contributed by atoms with Gasteiger partial charge in [-0.1, -0.05) is 34.1 Å². The maximum absolute atomic E-state index is 10.3. The topological polar surface area (TPSA) is 83.3 Å². The van der Waals surface area contributed by atoms with Crippen molar-refractivity contribution in [3.05, 3.63) is 100 Å². The van der Waals surface area contributed by atoms with Crippen LogP contribution in [0, 0.1) is 13.8 Å². The second-order valence-corrected chi connectivity index (χ2v) is 9.09. The van der Waals surface area contributed by atoms with E-state index in [0.29, 0.717) is 17.1 Å². The van der Waals surface area contributed by atoms with Crippen LogP contribution in [0.5, 0.6) is 5.75 Å². The van der Waals surface area contributed by atoms with E-state index in [2.05, 4.69) is 36.1 Å². The Labute approximate surface area is 210 Å². The van der Waals surface area contributed by atoms with Crippen molar-refractivity contribution >= 4 is 50.3 Å². The van der Waals surface area contributed by atoms with Crippen LogP contribution in [-0.4, -0.2) is 16.3 Å². The molecular weight excluding hydrogens is 504 g/mol. The van der Waals surface area contributed by atoms with Crippen LogP contribution in [0.3, 0.4) is 0 Å². The van der Waals surface area contributed by atoms with Crippen LogP contribution >= 0.6 is 15.9 Å². The molecule has 0 amide bonds. The zero-order valence-electron chi connectivity index (χ0n) is 19.1. The van der Waals surface area contributed by atoms with Crippen molar-refractivity contribution in [2.45, 2.75) is 13.8 Å². The lowest BCUT2D eigenvalue weighted by Gasteiger charge is -2.04. The first-order valence-electron chi connectivity index (χ1n) is 11.0. The van der Waals surface area contributed by atoms with Crippen LogP contribution < -0.4 is 0 Å². The number of aromatic hydroxyl groups is 1. The summed E-state index contributed by atoms with van der Waals surface area (Å²) in [6.45, 7) is 4.00. The van der Waals surface area contributed by atoms with Crippen LogP contribution in [-0.2, 0) is 0 Å². The van der Waals surface area contributed by atoms with Crippen molar-refractivity contribution < 1.29 is 9.52 Å². The highest BCUT2D eigenvalue weighted by Crippen LogP contribution is 2.31. The third-order valence-electron chi connectivity index (χ3n) is 5.44. The molecule has 35 heavy (non-hydrogen) atoms. The normalized spacial score (nSPS) is 11.7. The fourth-order valence-corrected chi connectivity index (χ4v) is 3.92. The Kier molecular flexibility index (Phi) is 6.25. The largest absolute Gasteiger partial charge is 0.507 e. The number of hydrogen-bond acceptors (Lipinski definition) is 6. The lowest BCUT2D eigenvalue weighted by Crippen LogP contribution is -1.84. The van der Waals surface area contributed by atoms with Gasteiger partial charge < -0.3 is 9.52 Å². The number of hydrogen-bond donors (Lipinski definition) is 1. The predicted octanol–water partition coefficient (Wildman–Crippen LogP) is 8.75. The van der Waals surface area contributed by atoms with Gasteiger partial charge in [-0.25, -0.2) is 4.98 Å². The van der Waals surface area contributed by atoms with Gasteiger partial charge in [-0.05, 0) is 85.6 Å². The first kappa shape index (κ1) is 22.7. The van der Waals surface area contributed by atoms with E-state index in [9.17, 15) is 5.11 Å². The zero-order chi connectivity index (χ0) is 24.4. The second-order valence-electron chi connectivity index (χ2n) is 8.17. The molecule has 5 aromatic rings. The van der Waals surface area contributed by atoms with Gasteiger partial charge in [0.25, 0.3) is 0 Å². The summed E-state index contributed by atoms with van der Waals surface area (Å²) < 4.78 is 6.90. The zero-order valence-corrected chi connectivity index (χ0v) is 20.7. The van der Waals surface area contributed by atoms with Gasteiger partial charge in [0.1, 0.15) is 11.3 Å². The van der Waals surface area contributed by atoms with Crippen molar-refractivity contribution in [3.8, 4) is 17.2 Å². The molecule has 0 unspecified atom stereocenters. The van der Waals surface area contributed by atoms with Gasteiger partial charge in [0.15, 0.2) is 5.58 Å². The predicted molar refractivity (Wildman–Crippen MR) is 143 cm³/mol. The van der Waals surface area contributed by atoms with E-state index in [4.69, 9.17) is 4.42 Å². The summed E-state index contributed by atoms with van der Waals surface area (Å²) in [6.07, 6.45) is 1.62. The van der Waals surface area contributed by atoms with Crippen LogP contribution in [0.15, 0.2) is 103 Å². The molecule has 0 spiro atoms. The van der Waals surface area contributed by atoms with Gasteiger partial charge in [0, 0.05) is 21.8 Å². The highest BCUT2D eigenvalue weighted by Gasteiger charge is 2.10. The molecule has 6 nitrogen and oxygen atoms in total. The third-order valence-corrected chi connectivity index (χ3v) is 5.94. The molecule has 0 aliphatic heterocycles. The van der Waals surface area contributed by atoms with Crippen LogP contribution in [0.25, 0.3) is 22.6 Å². The van der Waals surface area contributed by atoms with Gasteiger partial charge in [-0.3, -0.25) is 4.99 Å². The molecule has 0 aliphatic carbocycles. The maximum atomic E-state index is 10.3. The first-order valence-corrected chi connectivity index (χ1v) is 11.8. The Morgan fingerprint density at radius 2 is 1.71 bits per heavy atom. The van der Waals surface area contributed by atoms with Crippen LogP contribution in [0.2, 0.25) is 0 Å². The minimum atomic E-state index is 0.110. The van der Waals surface area contributed by atoms with Gasteiger partial charge in [-0.15, -0.1) is 0 Å². The molecule has 0 atom stereocenters. The Balaban J connectivity index is 1.42. The first-order chi connectivity index (χ1) is 16.9. The van der Waals surface area contributed by atoms with Crippen molar-refractivity contribution in [2.24, 2.45) is 15.2 Å². The quantitative estimate of drug-likeness (QED) is 0.184. The van der Waals surface area contributed by atoms with Gasteiger partial charge in [0.05, 0.1) is 17.1 Å². The minimum absolute atomic E-state index is 0.110. The van der Waals surface area contributed by atoms with Crippen LogP contribution in [0.1, 0.15) is 16.7 Å². The smallest absolute Gasteiger partial charge is 0.227 e. The number of phenols is 1. The number of aryl methyl sites for hydroxylation is 2. The molecule has 0 fully saturated rings. The summed E-state index contributed by atoms with van der Waals surface area (Å²) in [5.74, 6) is 0.651. The van der Waals surface area contributed by atoms with E-state index in [1.807, 2.05) is 74.5 Å². The molecule has 172 valence electrons. The molecule has 0 radical (unpaired) electrons. The summed E-state index contributed by atoms with van der Waals surface area (Å²) in [6, 6.07) is 24.4. The molecular formula is C28H21BrN4O2. The molecule has 5 rings (SSSR count). The molecule has 4 aromatic carbocycles. The number of nitrogens with zero attached hydrogens (tertiary/aromatic N) is 4. The average molecular weight is 525 g/mol. The van der Waals surface area contributed by atoms with Gasteiger partial charge in [-0.2, -0.15) is 10.2 Å². The highest BCUT2D eigenvalue weighted by atomic mass is 79.9. The van der Waals surface area contributed by atoms with E-state index in [0.717, 1.165) is 43.6 Å². The van der Waals surface area contributed by atoms with Crippen molar-refractivity contribution in [3.63, 3.8) is 0 Å². The summed E-state index contributed by atoms with van der Waals surface area (Å²) in [5.41, 5.74) is 7.13. The Bertz CT molecular complexity index is 1600. The minimum Gasteiger partial charge on any atom is -0.507 e. The number of aromatic nitrogens is 1. The third kappa shape index (κ3) is 5.20. The van der Waals surface area contributed by atoms with E-state index >= 15 is 0 Å². The van der Waals surface area contributed by atoms with Crippen LogP contribution in [0.4, 0.5) is 17.1 Å². The summed E-state index contributed by atoms with van der Waals surface area (Å²) in [5, 5.41) is 18.9. The fourth-order valence-electron chi connectivity index (χ4n) is 3.54. The van der Waals surface area contributed by atoms with E-state index in [1.54, 1.807) is 24.4 Å². The Morgan fingerprint density at radius 3 is 2.54 bits per heavy atom. The van der Waals surface area contributed by atoms with Crippen molar-refractivity contribution in [1.29, 1.82) is 0 Å². The molecule has 0 saturated heterocycles.